The molecule has 2 aromatic carbocycles. The van der Waals surface area contributed by atoms with E-state index < -0.39 is 6.10 Å². The van der Waals surface area contributed by atoms with E-state index in [2.05, 4.69) is 10.6 Å². The smallest absolute Gasteiger partial charge is 0.319 e. The molecule has 0 saturated heterocycles. The number of urea groups is 1. The summed E-state index contributed by atoms with van der Waals surface area (Å²) >= 11 is 5.84. The summed E-state index contributed by atoms with van der Waals surface area (Å²) < 4.78 is 0. The van der Waals surface area contributed by atoms with Crippen molar-refractivity contribution in [2.45, 2.75) is 12.5 Å². The second-order valence-electron chi connectivity index (χ2n) is 4.61. The van der Waals surface area contributed by atoms with Gasteiger partial charge in [-0.2, -0.15) is 0 Å². The summed E-state index contributed by atoms with van der Waals surface area (Å²) in [6, 6.07) is 16.0. The number of anilines is 1. The molecule has 2 amide bonds. The van der Waals surface area contributed by atoms with Crippen molar-refractivity contribution < 1.29 is 9.90 Å². The van der Waals surface area contributed by atoms with Crippen LogP contribution in [-0.2, 0) is 0 Å². The highest BCUT2D eigenvalue weighted by atomic mass is 35.5. The second kappa shape index (κ2) is 7.67. The molecule has 0 aliphatic heterocycles. The molecular formula is C16H17ClN2O2. The highest BCUT2D eigenvalue weighted by Gasteiger charge is 2.07. The van der Waals surface area contributed by atoms with E-state index in [9.17, 15) is 9.90 Å². The Balaban J connectivity index is 1.74. The van der Waals surface area contributed by atoms with Gasteiger partial charge in [-0.1, -0.05) is 48.0 Å². The fourth-order valence-electron chi connectivity index (χ4n) is 1.91. The average Bonchev–Trinajstić information content (AvgIpc) is 2.48. The van der Waals surface area contributed by atoms with Crippen LogP contribution in [0.5, 0.6) is 0 Å². The van der Waals surface area contributed by atoms with Crippen LogP contribution in [0.3, 0.4) is 0 Å². The zero-order valence-corrected chi connectivity index (χ0v) is 12.2. The number of halogens is 1. The maximum Gasteiger partial charge on any atom is 0.319 e. The highest BCUT2D eigenvalue weighted by molar-refractivity contribution is 6.30. The van der Waals surface area contributed by atoms with Gasteiger partial charge in [-0.3, -0.25) is 0 Å². The number of carbonyl (C=O) groups excluding carboxylic acids is 1. The van der Waals surface area contributed by atoms with Crippen molar-refractivity contribution in [1.82, 2.24) is 5.32 Å². The monoisotopic (exact) mass is 304 g/mol. The molecule has 0 spiro atoms. The zero-order valence-electron chi connectivity index (χ0n) is 11.4. The Labute approximate surface area is 128 Å². The molecule has 2 rings (SSSR count). The van der Waals surface area contributed by atoms with Crippen LogP contribution in [0.4, 0.5) is 10.5 Å². The second-order valence-corrected chi connectivity index (χ2v) is 5.04. The highest BCUT2D eigenvalue weighted by Crippen LogP contribution is 2.16. The predicted octanol–water partition coefficient (Wildman–Crippen LogP) is 3.59. The third-order valence-electron chi connectivity index (χ3n) is 2.97. The van der Waals surface area contributed by atoms with Gasteiger partial charge in [0.05, 0.1) is 6.10 Å². The largest absolute Gasteiger partial charge is 0.388 e. The quantitative estimate of drug-likeness (QED) is 0.790. The third kappa shape index (κ3) is 5.10. The normalized spacial score (nSPS) is 11.7. The minimum Gasteiger partial charge on any atom is -0.388 e. The lowest BCUT2D eigenvalue weighted by Gasteiger charge is -2.12. The van der Waals surface area contributed by atoms with Crippen LogP contribution in [0.1, 0.15) is 18.1 Å². The first kappa shape index (κ1) is 15.4. The summed E-state index contributed by atoms with van der Waals surface area (Å²) in [5.74, 6) is 0. The fraction of sp³-hybridized carbons (Fsp3) is 0.188. The molecular weight excluding hydrogens is 288 g/mol. The van der Waals surface area contributed by atoms with Crippen molar-refractivity contribution in [1.29, 1.82) is 0 Å². The Morgan fingerprint density at radius 3 is 2.62 bits per heavy atom. The lowest BCUT2D eigenvalue weighted by Crippen LogP contribution is -2.30. The summed E-state index contributed by atoms with van der Waals surface area (Å²) in [4.78, 5) is 11.7. The van der Waals surface area contributed by atoms with Crippen molar-refractivity contribution >= 4 is 23.3 Å². The van der Waals surface area contributed by atoms with Crippen molar-refractivity contribution in [2.24, 2.45) is 0 Å². The van der Waals surface area contributed by atoms with Crippen molar-refractivity contribution in [3.63, 3.8) is 0 Å². The predicted molar refractivity (Wildman–Crippen MR) is 84.5 cm³/mol. The number of hydrogen-bond donors (Lipinski definition) is 3. The zero-order chi connectivity index (χ0) is 15.1. The molecule has 0 aromatic heterocycles. The van der Waals surface area contributed by atoms with Crippen molar-refractivity contribution in [2.75, 3.05) is 11.9 Å². The van der Waals surface area contributed by atoms with Gasteiger partial charge in [0.2, 0.25) is 0 Å². The van der Waals surface area contributed by atoms with Gasteiger partial charge in [-0.25, -0.2) is 4.79 Å². The lowest BCUT2D eigenvalue weighted by molar-refractivity contribution is 0.167. The molecule has 4 nitrogen and oxygen atoms in total. The Hall–Kier alpha value is -2.04. The maximum absolute atomic E-state index is 11.7. The number of amides is 2. The first-order valence-electron chi connectivity index (χ1n) is 6.68. The molecule has 0 fully saturated rings. The van der Waals surface area contributed by atoms with Crippen molar-refractivity contribution in [3.8, 4) is 0 Å². The molecule has 3 N–H and O–H groups in total. The van der Waals surface area contributed by atoms with Crippen LogP contribution >= 0.6 is 11.6 Å². The average molecular weight is 305 g/mol. The Bertz CT molecular complexity index is 590. The maximum atomic E-state index is 11.7. The molecule has 0 aliphatic carbocycles. The Morgan fingerprint density at radius 2 is 1.90 bits per heavy atom. The van der Waals surface area contributed by atoms with Crippen LogP contribution in [0.2, 0.25) is 5.02 Å². The molecule has 0 bridgehead atoms. The number of aliphatic hydroxyl groups is 1. The summed E-state index contributed by atoms with van der Waals surface area (Å²) in [7, 11) is 0. The molecule has 0 heterocycles. The van der Waals surface area contributed by atoms with E-state index in [1.54, 1.807) is 24.3 Å². The van der Waals surface area contributed by atoms with E-state index in [0.29, 0.717) is 23.7 Å². The topological polar surface area (TPSA) is 61.4 Å². The van der Waals surface area contributed by atoms with E-state index in [1.807, 2.05) is 30.3 Å². The Kier molecular flexibility index (Phi) is 5.60. The summed E-state index contributed by atoms with van der Waals surface area (Å²) in [6.07, 6.45) is -0.134. The summed E-state index contributed by atoms with van der Waals surface area (Å²) in [6.45, 7) is 0.377. The first-order valence-corrected chi connectivity index (χ1v) is 7.06. The Morgan fingerprint density at radius 1 is 1.14 bits per heavy atom. The molecule has 1 atom stereocenters. The van der Waals surface area contributed by atoms with Gasteiger partial charge in [-0.05, 0) is 30.2 Å². The molecule has 110 valence electrons. The van der Waals surface area contributed by atoms with Gasteiger partial charge < -0.3 is 15.7 Å². The van der Waals surface area contributed by atoms with Gasteiger partial charge in [0.1, 0.15) is 0 Å². The van der Waals surface area contributed by atoms with E-state index in [4.69, 9.17) is 11.6 Å². The molecule has 0 radical (unpaired) electrons. The number of nitrogens with one attached hydrogen (secondary N) is 2. The number of aliphatic hydroxyl groups excluding tert-OH is 1. The standard InChI is InChI=1S/C16H17ClN2O2/c17-13-7-4-8-14(11-13)19-16(21)18-10-9-15(20)12-5-2-1-3-6-12/h1-8,11,15,20H,9-10H2,(H2,18,19,21). The number of rotatable bonds is 5. The molecule has 0 saturated carbocycles. The van der Waals surface area contributed by atoms with E-state index in [0.717, 1.165) is 5.56 Å². The summed E-state index contributed by atoms with van der Waals surface area (Å²) in [5.41, 5.74) is 1.47. The number of benzene rings is 2. The van der Waals surface area contributed by atoms with E-state index in [1.165, 1.54) is 0 Å². The van der Waals surface area contributed by atoms with E-state index in [-0.39, 0.29) is 6.03 Å². The van der Waals surface area contributed by atoms with Gasteiger partial charge in [0, 0.05) is 17.3 Å². The van der Waals surface area contributed by atoms with E-state index >= 15 is 0 Å². The van der Waals surface area contributed by atoms with Crippen LogP contribution in [0, 0.1) is 0 Å². The van der Waals surface area contributed by atoms with Gasteiger partial charge >= 0.3 is 6.03 Å². The minimum atomic E-state index is -0.585. The first-order chi connectivity index (χ1) is 10.1. The minimum absolute atomic E-state index is 0.322. The molecule has 21 heavy (non-hydrogen) atoms. The van der Waals surface area contributed by atoms with Gasteiger partial charge in [0.15, 0.2) is 0 Å². The van der Waals surface area contributed by atoms with Crippen molar-refractivity contribution in [3.05, 3.63) is 65.2 Å². The third-order valence-corrected chi connectivity index (χ3v) is 3.21. The molecule has 5 heteroatoms. The number of carbonyl (C=O) groups is 1. The molecule has 1 unspecified atom stereocenters. The van der Waals surface area contributed by atoms with Gasteiger partial charge in [0.25, 0.3) is 0 Å². The molecule has 0 aliphatic rings. The fourth-order valence-corrected chi connectivity index (χ4v) is 2.10. The molecule has 2 aromatic rings. The lowest BCUT2D eigenvalue weighted by atomic mass is 10.1. The van der Waals surface area contributed by atoms with Crippen LogP contribution < -0.4 is 10.6 Å². The van der Waals surface area contributed by atoms with Crippen LogP contribution in [0.15, 0.2) is 54.6 Å². The number of hydrogen-bond acceptors (Lipinski definition) is 2. The van der Waals surface area contributed by atoms with Crippen LogP contribution in [0.25, 0.3) is 0 Å². The van der Waals surface area contributed by atoms with Crippen LogP contribution in [-0.4, -0.2) is 17.7 Å². The summed E-state index contributed by atoms with van der Waals surface area (Å²) in [5, 5.41) is 15.9. The SMILES string of the molecule is O=C(NCCC(O)c1ccccc1)Nc1cccc(Cl)c1. The van der Waals surface area contributed by atoms with Gasteiger partial charge in [-0.15, -0.1) is 0 Å².